The predicted octanol–water partition coefficient (Wildman–Crippen LogP) is 2.81. The van der Waals surface area contributed by atoms with Gasteiger partial charge in [-0.3, -0.25) is 0 Å². The zero-order valence-electron chi connectivity index (χ0n) is 5.46. The molecule has 1 unspecified atom stereocenters. The third kappa shape index (κ3) is 3.49. The van der Waals surface area contributed by atoms with Crippen molar-refractivity contribution in [3.8, 4) is 0 Å². The lowest BCUT2D eigenvalue weighted by molar-refractivity contribution is 1.36. The van der Waals surface area contributed by atoms with Crippen LogP contribution >= 0.6 is 24.0 Å². The van der Waals surface area contributed by atoms with E-state index in [2.05, 4.69) is 13.2 Å². The summed E-state index contributed by atoms with van der Waals surface area (Å²) in [4.78, 5) is 0.889. The molecular weight excluding hydrogens is 148 g/mol. The first kappa shape index (κ1) is 8.92. The van der Waals surface area contributed by atoms with Gasteiger partial charge in [0.25, 0.3) is 0 Å². The molecule has 9 heavy (non-hydrogen) atoms. The molecule has 0 aromatic rings. The van der Waals surface area contributed by atoms with Crippen LogP contribution in [0.4, 0.5) is 0 Å². The van der Waals surface area contributed by atoms with Crippen LogP contribution in [0.25, 0.3) is 0 Å². The SMILES string of the molecule is C=CSC(C)C(=S)C=C. The quantitative estimate of drug-likeness (QED) is 0.456. The first-order chi connectivity index (χ1) is 4.22. The van der Waals surface area contributed by atoms with Crippen LogP contribution in [0.3, 0.4) is 0 Å². The van der Waals surface area contributed by atoms with Gasteiger partial charge in [-0.25, -0.2) is 0 Å². The Bertz CT molecular complexity index is 127. The molecule has 1 atom stereocenters. The Kier molecular flexibility index (Phi) is 4.72. The lowest BCUT2D eigenvalue weighted by Crippen LogP contribution is -2.05. The van der Waals surface area contributed by atoms with Gasteiger partial charge in [-0.05, 0) is 12.3 Å². The van der Waals surface area contributed by atoms with E-state index < -0.39 is 0 Å². The van der Waals surface area contributed by atoms with E-state index in [1.54, 1.807) is 23.2 Å². The Morgan fingerprint density at radius 3 is 2.56 bits per heavy atom. The Morgan fingerprint density at radius 2 is 2.22 bits per heavy atom. The maximum absolute atomic E-state index is 4.96. The lowest BCUT2D eigenvalue weighted by Gasteiger charge is -2.03. The molecule has 50 valence electrons. The molecule has 0 aromatic carbocycles. The molecule has 0 rings (SSSR count). The van der Waals surface area contributed by atoms with Crippen LogP contribution in [-0.4, -0.2) is 10.1 Å². The third-order valence-electron chi connectivity index (χ3n) is 0.902. The van der Waals surface area contributed by atoms with E-state index in [0.29, 0.717) is 5.25 Å². The molecule has 0 aliphatic carbocycles. The van der Waals surface area contributed by atoms with Crippen molar-refractivity contribution < 1.29 is 0 Å². The summed E-state index contributed by atoms with van der Waals surface area (Å²) in [5.41, 5.74) is 0. The Balaban J connectivity index is 3.71. The standard InChI is InChI=1S/C7H10S2/c1-4-7(8)6(3)9-5-2/h4-6H,1-2H2,3H3. The molecule has 0 aliphatic rings. The Labute approximate surface area is 66.0 Å². The van der Waals surface area contributed by atoms with Crippen molar-refractivity contribution in [2.45, 2.75) is 12.2 Å². The fourth-order valence-electron chi connectivity index (χ4n) is 0.377. The summed E-state index contributed by atoms with van der Waals surface area (Å²) >= 11 is 6.57. The zero-order valence-corrected chi connectivity index (χ0v) is 7.10. The summed E-state index contributed by atoms with van der Waals surface area (Å²) in [6.07, 6.45) is 1.70. The minimum absolute atomic E-state index is 0.343. The normalized spacial score (nSPS) is 12.1. The second kappa shape index (κ2) is 4.77. The average molecular weight is 158 g/mol. The molecule has 0 nitrogen and oxygen atoms in total. The fourth-order valence-corrected chi connectivity index (χ4v) is 1.06. The lowest BCUT2D eigenvalue weighted by atomic mass is 10.3. The summed E-state index contributed by atoms with van der Waals surface area (Å²) < 4.78 is 0. The molecule has 0 heterocycles. The Hall–Kier alpha value is -0.0800. The summed E-state index contributed by atoms with van der Waals surface area (Å²) in [6.45, 7) is 9.20. The van der Waals surface area contributed by atoms with Crippen molar-refractivity contribution in [1.29, 1.82) is 0 Å². The van der Waals surface area contributed by atoms with E-state index in [9.17, 15) is 0 Å². The van der Waals surface area contributed by atoms with Crippen LogP contribution in [-0.2, 0) is 0 Å². The number of hydrogen-bond donors (Lipinski definition) is 0. The van der Waals surface area contributed by atoms with Gasteiger partial charge in [-0.2, -0.15) is 0 Å². The summed E-state index contributed by atoms with van der Waals surface area (Å²) in [7, 11) is 0. The van der Waals surface area contributed by atoms with Gasteiger partial charge in [0.1, 0.15) is 0 Å². The second-order valence-corrected chi connectivity index (χ2v) is 3.34. The van der Waals surface area contributed by atoms with Gasteiger partial charge in [-0.15, -0.1) is 11.8 Å². The largest absolute Gasteiger partial charge is 0.126 e. The molecule has 0 radical (unpaired) electrons. The van der Waals surface area contributed by atoms with E-state index in [1.165, 1.54) is 0 Å². The number of thiocarbonyl (C=S) groups is 1. The molecule has 0 fully saturated rings. The first-order valence-electron chi connectivity index (χ1n) is 2.65. The molecule has 0 saturated heterocycles. The number of allylic oxidation sites excluding steroid dienone is 1. The van der Waals surface area contributed by atoms with Gasteiger partial charge in [-0.1, -0.05) is 31.5 Å². The summed E-state index contributed by atoms with van der Waals surface area (Å²) in [5.74, 6) is 0. The van der Waals surface area contributed by atoms with Crippen LogP contribution in [0.2, 0.25) is 0 Å². The van der Waals surface area contributed by atoms with Crippen molar-refractivity contribution in [2.75, 3.05) is 0 Å². The van der Waals surface area contributed by atoms with Gasteiger partial charge in [0, 0.05) is 10.1 Å². The molecule has 0 saturated carbocycles. The third-order valence-corrected chi connectivity index (χ3v) is 2.43. The van der Waals surface area contributed by atoms with Crippen molar-refractivity contribution in [2.24, 2.45) is 0 Å². The van der Waals surface area contributed by atoms with E-state index in [1.807, 2.05) is 6.92 Å². The van der Waals surface area contributed by atoms with E-state index in [-0.39, 0.29) is 0 Å². The van der Waals surface area contributed by atoms with Gasteiger partial charge in [0.15, 0.2) is 0 Å². The van der Waals surface area contributed by atoms with Crippen molar-refractivity contribution in [1.82, 2.24) is 0 Å². The van der Waals surface area contributed by atoms with Crippen LogP contribution < -0.4 is 0 Å². The summed E-state index contributed by atoms with van der Waals surface area (Å²) in [6, 6.07) is 0. The highest BCUT2D eigenvalue weighted by Gasteiger charge is 2.01. The number of rotatable bonds is 4. The topological polar surface area (TPSA) is 0 Å². The maximum atomic E-state index is 4.96. The maximum Gasteiger partial charge on any atom is 0.0412 e. The van der Waals surface area contributed by atoms with Gasteiger partial charge in [0.2, 0.25) is 0 Å². The predicted molar refractivity (Wildman–Crippen MR) is 50.0 cm³/mol. The molecule has 2 heteroatoms. The molecule has 0 aromatic heterocycles. The fraction of sp³-hybridized carbons (Fsp3) is 0.286. The van der Waals surface area contributed by atoms with Gasteiger partial charge >= 0.3 is 0 Å². The molecular formula is C7H10S2. The van der Waals surface area contributed by atoms with E-state index in [4.69, 9.17) is 12.2 Å². The first-order valence-corrected chi connectivity index (χ1v) is 4.00. The van der Waals surface area contributed by atoms with Crippen LogP contribution in [0.15, 0.2) is 24.6 Å². The zero-order chi connectivity index (χ0) is 7.28. The molecule has 0 spiro atoms. The van der Waals surface area contributed by atoms with Crippen molar-refractivity contribution in [3.05, 3.63) is 24.6 Å². The minimum atomic E-state index is 0.343. The smallest absolute Gasteiger partial charge is 0.0412 e. The molecule has 0 amide bonds. The van der Waals surface area contributed by atoms with Crippen molar-refractivity contribution >= 4 is 28.8 Å². The van der Waals surface area contributed by atoms with Gasteiger partial charge < -0.3 is 0 Å². The monoisotopic (exact) mass is 158 g/mol. The molecule has 0 aliphatic heterocycles. The van der Waals surface area contributed by atoms with Gasteiger partial charge in [0.05, 0.1) is 0 Å². The number of hydrogen-bond acceptors (Lipinski definition) is 2. The minimum Gasteiger partial charge on any atom is -0.126 e. The highest BCUT2D eigenvalue weighted by molar-refractivity contribution is 8.04. The highest BCUT2D eigenvalue weighted by atomic mass is 32.2. The van der Waals surface area contributed by atoms with Crippen LogP contribution in [0.1, 0.15) is 6.92 Å². The Morgan fingerprint density at radius 1 is 1.67 bits per heavy atom. The van der Waals surface area contributed by atoms with E-state index >= 15 is 0 Å². The number of thioether (sulfide) groups is 1. The molecule has 0 N–H and O–H groups in total. The second-order valence-electron chi connectivity index (χ2n) is 1.55. The van der Waals surface area contributed by atoms with E-state index in [0.717, 1.165) is 4.86 Å². The van der Waals surface area contributed by atoms with Crippen LogP contribution in [0, 0.1) is 0 Å². The average Bonchev–Trinajstić information content (AvgIpc) is 1.87. The molecule has 0 bridgehead atoms. The van der Waals surface area contributed by atoms with Crippen LogP contribution in [0.5, 0.6) is 0 Å². The summed E-state index contributed by atoms with van der Waals surface area (Å²) in [5, 5.41) is 2.13. The highest BCUT2D eigenvalue weighted by Crippen LogP contribution is 2.12. The van der Waals surface area contributed by atoms with Crippen molar-refractivity contribution in [3.63, 3.8) is 0 Å².